The molecule has 0 saturated carbocycles. The van der Waals surface area contributed by atoms with Crippen LogP contribution in [-0.4, -0.2) is 59.2 Å². The Balaban J connectivity index is 1.77. The average Bonchev–Trinajstić information content (AvgIpc) is 2.61. The zero-order chi connectivity index (χ0) is 19.5. The number of nitrogens with zero attached hydrogens (tertiary/aromatic N) is 1. The Labute approximate surface area is 162 Å². The fraction of sp³-hybridized carbons (Fsp3) is 0.636. The molecule has 1 fully saturated rings. The minimum atomic E-state index is -0.508. The number of benzene rings is 1. The molecule has 2 aliphatic rings. The topological polar surface area (TPSA) is 62.2 Å². The maximum absolute atomic E-state index is 9.13. The van der Waals surface area contributed by atoms with Gasteiger partial charge in [0.15, 0.2) is 0 Å². The van der Waals surface area contributed by atoms with E-state index >= 15 is 0 Å². The van der Waals surface area contributed by atoms with Gasteiger partial charge in [-0.1, -0.05) is 30.0 Å². The number of hydrogen-bond acceptors (Lipinski definition) is 5. The van der Waals surface area contributed by atoms with Crippen molar-refractivity contribution in [2.75, 3.05) is 32.8 Å². The molecule has 2 aliphatic heterocycles. The zero-order valence-corrected chi connectivity index (χ0v) is 16.6. The van der Waals surface area contributed by atoms with Gasteiger partial charge in [-0.25, -0.2) is 0 Å². The Hall–Kier alpha value is -1.58. The largest absolute Gasteiger partial charge is 0.487 e. The zero-order valence-electron chi connectivity index (χ0n) is 16.6. The lowest BCUT2D eigenvalue weighted by molar-refractivity contribution is -0.169. The van der Waals surface area contributed by atoms with Crippen LogP contribution in [0.5, 0.6) is 5.75 Å². The highest BCUT2D eigenvalue weighted by molar-refractivity contribution is 5.39. The number of para-hydroxylation sites is 1. The number of aliphatic hydroxyl groups is 2. The van der Waals surface area contributed by atoms with Gasteiger partial charge in [-0.05, 0) is 39.7 Å². The molecule has 1 aromatic rings. The van der Waals surface area contributed by atoms with E-state index in [9.17, 15) is 0 Å². The molecule has 1 aromatic carbocycles. The van der Waals surface area contributed by atoms with E-state index in [4.69, 9.17) is 19.7 Å². The van der Waals surface area contributed by atoms with Crippen molar-refractivity contribution < 1.29 is 19.7 Å². The van der Waals surface area contributed by atoms with E-state index in [0.29, 0.717) is 25.6 Å². The summed E-state index contributed by atoms with van der Waals surface area (Å²) in [5.74, 6) is 7.72. The highest BCUT2D eigenvalue weighted by atomic mass is 16.5. The molecule has 1 saturated heterocycles. The van der Waals surface area contributed by atoms with Gasteiger partial charge in [0.25, 0.3) is 0 Å². The van der Waals surface area contributed by atoms with Crippen LogP contribution in [0.2, 0.25) is 0 Å². The fourth-order valence-corrected chi connectivity index (χ4v) is 4.15. The summed E-state index contributed by atoms with van der Waals surface area (Å²) in [6.07, 6.45) is 1.83. The molecule has 0 radical (unpaired) electrons. The van der Waals surface area contributed by atoms with Crippen molar-refractivity contribution in [3.8, 4) is 17.6 Å². The maximum atomic E-state index is 9.13. The number of aliphatic hydroxyl groups excluding tert-OH is 2. The van der Waals surface area contributed by atoms with E-state index in [2.05, 4.69) is 38.7 Å². The fourth-order valence-electron chi connectivity index (χ4n) is 4.15. The highest BCUT2D eigenvalue weighted by Gasteiger charge is 2.49. The lowest BCUT2D eigenvalue weighted by atomic mass is 9.73. The van der Waals surface area contributed by atoms with Gasteiger partial charge in [-0.2, -0.15) is 0 Å². The second kappa shape index (κ2) is 8.20. The first-order chi connectivity index (χ1) is 12.9. The number of hydrogen-bond donors (Lipinski definition) is 2. The van der Waals surface area contributed by atoms with Gasteiger partial charge in [-0.15, -0.1) is 0 Å². The molecular weight excluding hydrogens is 342 g/mol. The van der Waals surface area contributed by atoms with Gasteiger partial charge in [0, 0.05) is 24.6 Å². The normalized spacial score (nSPS) is 28.5. The predicted octanol–water partition coefficient (Wildman–Crippen LogP) is 2.37. The van der Waals surface area contributed by atoms with Crippen LogP contribution in [0.1, 0.15) is 45.3 Å². The third-order valence-corrected chi connectivity index (χ3v) is 5.66. The van der Waals surface area contributed by atoms with Gasteiger partial charge in [-0.3, -0.25) is 4.90 Å². The highest BCUT2D eigenvalue weighted by Crippen LogP contribution is 2.52. The van der Waals surface area contributed by atoms with Crippen LogP contribution in [-0.2, 0) is 4.74 Å². The van der Waals surface area contributed by atoms with Gasteiger partial charge >= 0.3 is 0 Å². The molecule has 2 N–H and O–H groups in total. The summed E-state index contributed by atoms with van der Waals surface area (Å²) in [6, 6.07) is 8.12. The number of ether oxygens (including phenoxy) is 2. The summed E-state index contributed by atoms with van der Waals surface area (Å²) in [7, 11) is 0. The SMILES string of the molecule is CC1(C)Oc2ccccc2[C@@H]2O[C@](C)(C#CCN(CCO)CCO)CC[C@H]21. The summed E-state index contributed by atoms with van der Waals surface area (Å²) >= 11 is 0. The van der Waals surface area contributed by atoms with Crippen LogP contribution in [0.15, 0.2) is 24.3 Å². The second-order valence-corrected chi connectivity index (χ2v) is 8.18. The van der Waals surface area contributed by atoms with Crippen LogP contribution >= 0.6 is 0 Å². The van der Waals surface area contributed by atoms with Crippen LogP contribution < -0.4 is 4.74 Å². The Kier molecular flexibility index (Phi) is 6.12. The van der Waals surface area contributed by atoms with Gasteiger partial charge in [0.1, 0.15) is 17.0 Å². The lowest BCUT2D eigenvalue weighted by Crippen LogP contribution is -2.50. The van der Waals surface area contributed by atoms with Crippen molar-refractivity contribution in [1.82, 2.24) is 4.90 Å². The first kappa shape index (κ1) is 20.2. The van der Waals surface area contributed by atoms with E-state index < -0.39 is 5.60 Å². The standard InChI is InChI=1S/C22H31NO4/c1-21(2)18-9-11-22(3,10-6-12-23(13-15-24)14-16-25)27-20(18)17-7-4-5-8-19(17)26-21/h4-5,7-8,18,20,24-25H,9,11-16H2,1-3H3/t18-,20+,22-/m1/s1. The Morgan fingerprint density at radius 2 is 1.85 bits per heavy atom. The summed E-state index contributed by atoms with van der Waals surface area (Å²) < 4.78 is 12.8. The van der Waals surface area contributed by atoms with Crippen LogP contribution in [0.25, 0.3) is 0 Å². The minimum absolute atomic E-state index is 0.0241. The molecule has 3 atom stereocenters. The van der Waals surface area contributed by atoms with Crippen molar-refractivity contribution in [3.05, 3.63) is 29.8 Å². The molecule has 27 heavy (non-hydrogen) atoms. The molecule has 0 aromatic heterocycles. The lowest BCUT2D eigenvalue weighted by Gasteiger charge is -2.50. The van der Waals surface area contributed by atoms with Crippen molar-refractivity contribution in [3.63, 3.8) is 0 Å². The van der Waals surface area contributed by atoms with E-state index in [1.165, 1.54) is 0 Å². The first-order valence-electron chi connectivity index (χ1n) is 9.78. The van der Waals surface area contributed by atoms with E-state index in [1.54, 1.807) is 0 Å². The van der Waals surface area contributed by atoms with Crippen molar-refractivity contribution >= 4 is 0 Å². The van der Waals surface area contributed by atoms with E-state index in [0.717, 1.165) is 24.2 Å². The van der Waals surface area contributed by atoms with Crippen LogP contribution in [0.3, 0.4) is 0 Å². The molecule has 3 rings (SSSR count). The second-order valence-electron chi connectivity index (χ2n) is 8.18. The van der Waals surface area contributed by atoms with Gasteiger partial charge in [0.05, 0.1) is 25.9 Å². The number of rotatable bonds is 5. The average molecular weight is 373 g/mol. The van der Waals surface area contributed by atoms with E-state index in [-0.39, 0.29) is 24.9 Å². The molecule has 0 bridgehead atoms. The van der Waals surface area contributed by atoms with Crippen molar-refractivity contribution in [2.24, 2.45) is 5.92 Å². The van der Waals surface area contributed by atoms with E-state index in [1.807, 2.05) is 23.1 Å². The maximum Gasteiger partial charge on any atom is 0.126 e. The van der Waals surface area contributed by atoms with Gasteiger partial charge < -0.3 is 19.7 Å². The Morgan fingerprint density at radius 1 is 1.15 bits per heavy atom. The molecule has 0 spiro atoms. The summed E-state index contributed by atoms with van der Waals surface area (Å²) in [4.78, 5) is 1.94. The monoisotopic (exact) mass is 373 g/mol. The third-order valence-electron chi connectivity index (χ3n) is 5.66. The molecule has 2 heterocycles. The molecule has 0 aliphatic carbocycles. The molecule has 0 unspecified atom stereocenters. The first-order valence-corrected chi connectivity index (χ1v) is 9.78. The number of fused-ring (bicyclic) bond motifs is 3. The molecule has 0 amide bonds. The van der Waals surface area contributed by atoms with Crippen molar-refractivity contribution in [2.45, 2.75) is 50.9 Å². The third kappa shape index (κ3) is 4.47. The molecular formula is C22H31NO4. The van der Waals surface area contributed by atoms with Crippen LogP contribution in [0.4, 0.5) is 0 Å². The minimum Gasteiger partial charge on any atom is -0.487 e. The molecule has 5 heteroatoms. The van der Waals surface area contributed by atoms with Gasteiger partial charge in [0.2, 0.25) is 0 Å². The summed E-state index contributed by atoms with van der Waals surface area (Å²) in [5, 5.41) is 18.3. The summed E-state index contributed by atoms with van der Waals surface area (Å²) in [6.45, 7) is 7.99. The quantitative estimate of drug-likeness (QED) is 0.776. The van der Waals surface area contributed by atoms with Crippen molar-refractivity contribution in [1.29, 1.82) is 0 Å². The smallest absolute Gasteiger partial charge is 0.126 e. The molecule has 5 nitrogen and oxygen atoms in total. The molecule has 148 valence electrons. The Bertz CT molecular complexity index is 702. The predicted molar refractivity (Wildman–Crippen MR) is 104 cm³/mol. The Morgan fingerprint density at radius 3 is 2.56 bits per heavy atom. The summed E-state index contributed by atoms with van der Waals surface area (Å²) in [5.41, 5.74) is 0.329. The van der Waals surface area contributed by atoms with Crippen LogP contribution in [0, 0.1) is 17.8 Å².